The van der Waals surface area contributed by atoms with Gasteiger partial charge in [-0.25, -0.2) is 4.39 Å². The van der Waals surface area contributed by atoms with E-state index in [1.807, 2.05) is 27.8 Å². The summed E-state index contributed by atoms with van der Waals surface area (Å²) in [5.74, 6) is 0.592. The van der Waals surface area contributed by atoms with E-state index in [1.54, 1.807) is 16.7 Å². The number of aromatic nitrogens is 3. The Kier molecular flexibility index (Phi) is 5.41. The van der Waals surface area contributed by atoms with Crippen LogP contribution in [0, 0.1) is 5.82 Å². The van der Waals surface area contributed by atoms with Gasteiger partial charge in [-0.05, 0) is 44.5 Å². The average Bonchev–Trinajstić information content (AvgIpc) is 2.87. The van der Waals surface area contributed by atoms with Crippen molar-refractivity contribution in [2.24, 2.45) is 7.05 Å². The molecule has 2 aromatic rings. The molecule has 0 bridgehead atoms. The van der Waals surface area contributed by atoms with Gasteiger partial charge in [-0.3, -0.25) is 4.79 Å². The smallest absolute Gasteiger partial charge is 0.230 e. The molecule has 0 radical (unpaired) electrons. The van der Waals surface area contributed by atoms with E-state index >= 15 is 0 Å². The molecule has 0 saturated heterocycles. The van der Waals surface area contributed by atoms with Gasteiger partial charge in [0.05, 0.1) is 5.75 Å². The van der Waals surface area contributed by atoms with Gasteiger partial charge in [0.15, 0.2) is 11.0 Å². The van der Waals surface area contributed by atoms with Crippen LogP contribution in [-0.2, 0) is 11.8 Å². The Morgan fingerprint density at radius 1 is 1.30 bits per heavy atom. The largest absolute Gasteiger partial charge is 0.351 e. The maximum absolute atomic E-state index is 13.0. The minimum atomic E-state index is -0.291. The number of nitrogens with one attached hydrogen (secondary N) is 1. The number of thioether (sulfide) groups is 1. The van der Waals surface area contributed by atoms with E-state index in [4.69, 9.17) is 0 Å². The molecule has 1 amide bonds. The Morgan fingerprint density at radius 3 is 2.57 bits per heavy atom. The van der Waals surface area contributed by atoms with Crippen LogP contribution in [-0.4, -0.2) is 32.0 Å². The van der Waals surface area contributed by atoms with Crippen molar-refractivity contribution in [3.63, 3.8) is 0 Å². The summed E-state index contributed by atoms with van der Waals surface area (Å²) in [7, 11) is 1.83. The van der Waals surface area contributed by atoms with E-state index in [9.17, 15) is 9.18 Å². The van der Waals surface area contributed by atoms with Gasteiger partial charge < -0.3 is 9.88 Å². The highest BCUT2D eigenvalue weighted by molar-refractivity contribution is 7.99. The van der Waals surface area contributed by atoms with E-state index in [0.717, 1.165) is 12.0 Å². The Labute approximate surface area is 139 Å². The number of carbonyl (C=O) groups is 1. The van der Waals surface area contributed by atoms with Crippen molar-refractivity contribution >= 4 is 17.7 Å². The van der Waals surface area contributed by atoms with Gasteiger partial charge in [-0.1, -0.05) is 18.7 Å². The molecule has 124 valence electrons. The number of hydrogen-bond donors (Lipinski definition) is 1. The molecule has 23 heavy (non-hydrogen) atoms. The monoisotopic (exact) mass is 336 g/mol. The van der Waals surface area contributed by atoms with E-state index in [-0.39, 0.29) is 23.0 Å². The first-order valence-electron chi connectivity index (χ1n) is 7.41. The molecule has 7 heteroatoms. The van der Waals surface area contributed by atoms with Gasteiger partial charge in [0.1, 0.15) is 5.82 Å². The summed E-state index contributed by atoms with van der Waals surface area (Å²) in [6, 6.07) is 6.09. The first-order chi connectivity index (χ1) is 10.8. The van der Waals surface area contributed by atoms with Gasteiger partial charge in [0, 0.05) is 18.2 Å². The topological polar surface area (TPSA) is 59.8 Å². The first kappa shape index (κ1) is 17.5. The molecule has 1 heterocycles. The summed E-state index contributed by atoms with van der Waals surface area (Å²) in [6.45, 7) is 6.01. The summed E-state index contributed by atoms with van der Waals surface area (Å²) in [4.78, 5) is 12.0. The van der Waals surface area contributed by atoms with Crippen molar-refractivity contribution in [1.82, 2.24) is 20.1 Å². The highest BCUT2D eigenvalue weighted by Crippen LogP contribution is 2.22. The van der Waals surface area contributed by atoms with Crippen LogP contribution in [0.3, 0.4) is 0 Å². The SMILES string of the molecule is CCC(C)(C)NC(=O)CSc1nnc(-c2ccc(F)cc2)n1C. The lowest BCUT2D eigenvalue weighted by Gasteiger charge is -2.24. The van der Waals surface area contributed by atoms with Crippen LogP contribution in [0.2, 0.25) is 0 Å². The molecule has 2 rings (SSSR count). The fraction of sp³-hybridized carbons (Fsp3) is 0.438. The van der Waals surface area contributed by atoms with E-state index in [1.165, 1.54) is 23.9 Å². The van der Waals surface area contributed by atoms with Crippen molar-refractivity contribution < 1.29 is 9.18 Å². The highest BCUT2D eigenvalue weighted by atomic mass is 32.2. The molecule has 0 unspecified atom stereocenters. The van der Waals surface area contributed by atoms with Crippen molar-refractivity contribution in [3.05, 3.63) is 30.1 Å². The molecule has 1 aromatic carbocycles. The fourth-order valence-corrected chi connectivity index (χ4v) is 2.63. The van der Waals surface area contributed by atoms with Crippen molar-refractivity contribution in [2.75, 3.05) is 5.75 Å². The van der Waals surface area contributed by atoms with Crippen LogP contribution in [0.5, 0.6) is 0 Å². The third-order valence-corrected chi connectivity index (χ3v) is 4.65. The van der Waals surface area contributed by atoms with Crippen molar-refractivity contribution in [1.29, 1.82) is 0 Å². The van der Waals surface area contributed by atoms with Gasteiger partial charge in [-0.2, -0.15) is 0 Å². The molecule has 5 nitrogen and oxygen atoms in total. The van der Waals surface area contributed by atoms with Crippen molar-refractivity contribution in [3.8, 4) is 11.4 Å². The third-order valence-electron chi connectivity index (χ3n) is 3.63. The lowest BCUT2D eigenvalue weighted by Crippen LogP contribution is -2.43. The highest BCUT2D eigenvalue weighted by Gasteiger charge is 2.19. The molecule has 0 fully saturated rings. The van der Waals surface area contributed by atoms with Crippen LogP contribution in [0.15, 0.2) is 29.4 Å². The Bertz CT molecular complexity index is 682. The number of rotatable bonds is 6. The van der Waals surface area contributed by atoms with Gasteiger partial charge in [0.2, 0.25) is 5.91 Å². The second kappa shape index (κ2) is 7.12. The minimum Gasteiger partial charge on any atom is -0.351 e. The Morgan fingerprint density at radius 2 is 1.96 bits per heavy atom. The van der Waals surface area contributed by atoms with Crippen LogP contribution in [0.25, 0.3) is 11.4 Å². The van der Waals surface area contributed by atoms with Gasteiger partial charge >= 0.3 is 0 Å². The number of halogens is 1. The summed E-state index contributed by atoms with van der Waals surface area (Å²) >= 11 is 1.33. The zero-order valence-corrected chi connectivity index (χ0v) is 14.6. The van der Waals surface area contributed by atoms with Crippen LogP contribution >= 0.6 is 11.8 Å². The number of carbonyl (C=O) groups excluding carboxylic acids is 1. The maximum Gasteiger partial charge on any atom is 0.230 e. The first-order valence-corrected chi connectivity index (χ1v) is 8.40. The molecular weight excluding hydrogens is 315 g/mol. The lowest BCUT2D eigenvalue weighted by atomic mass is 10.0. The van der Waals surface area contributed by atoms with Gasteiger partial charge in [0.25, 0.3) is 0 Å². The summed E-state index contributed by atoms with van der Waals surface area (Å²) in [6.07, 6.45) is 0.863. The molecule has 0 aliphatic rings. The summed E-state index contributed by atoms with van der Waals surface area (Å²) in [5.41, 5.74) is 0.571. The molecular formula is C16H21FN4OS. The zero-order chi connectivity index (χ0) is 17.0. The molecule has 0 spiro atoms. The van der Waals surface area contributed by atoms with E-state index in [2.05, 4.69) is 15.5 Å². The number of amides is 1. The zero-order valence-electron chi connectivity index (χ0n) is 13.8. The molecule has 0 aliphatic carbocycles. The van der Waals surface area contributed by atoms with Crippen LogP contribution in [0.4, 0.5) is 4.39 Å². The second-order valence-corrected chi connectivity index (χ2v) is 6.89. The number of nitrogens with zero attached hydrogens (tertiary/aromatic N) is 3. The average molecular weight is 336 g/mol. The molecule has 0 saturated carbocycles. The van der Waals surface area contributed by atoms with Gasteiger partial charge in [-0.15, -0.1) is 10.2 Å². The molecule has 1 aromatic heterocycles. The predicted octanol–water partition coefficient (Wildman–Crippen LogP) is 3.02. The predicted molar refractivity (Wildman–Crippen MR) is 89.6 cm³/mol. The van der Waals surface area contributed by atoms with Crippen LogP contribution < -0.4 is 5.32 Å². The fourth-order valence-electron chi connectivity index (χ4n) is 1.92. The normalized spacial score (nSPS) is 11.5. The van der Waals surface area contributed by atoms with Crippen LogP contribution in [0.1, 0.15) is 27.2 Å². The second-order valence-electron chi connectivity index (χ2n) is 5.95. The van der Waals surface area contributed by atoms with E-state index in [0.29, 0.717) is 11.0 Å². The molecule has 0 aliphatic heterocycles. The quantitative estimate of drug-likeness (QED) is 0.824. The number of hydrogen-bond acceptors (Lipinski definition) is 4. The third kappa shape index (κ3) is 4.54. The summed E-state index contributed by atoms with van der Waals surface area (Å²) in [5, 5.41) is 11.9. The standard InChI is InChI=1S/C16H21FN4OS/c1-5-16(2,3)18-13(22)10-23-15-20-19-14(21(15)4)11-6-8-12(17)9-7-11/h6-9H,5,10H2,1-4H3,(H,18,22). The lowest BCUT2D eigenvalue weighted by molar-refractivity contribution is -0.120. The van der Waals surface area contributed by atoms with Crippen molar-refractivity contribution in [2.45, 2.75) is 37.9 Å². The molecule has 0 atom stereocenters. The minimum absolute atomic E-state index is 0.0341. The Balaban J connectivity index is 2.03. The van der Waals surface area contributed by atoms with E-state index < -0.39 is 0 Å². The maximum atomic E-state index is 13.0. The Hall–Kier alpha value is -1.89. The summed E-state index contributed by atoms with van der Waals surface area (Å²) < 4.78 is 14.8. The number of benzene rings is 1. The molecule has 1 N–H and O–H groups in total.